The quantitative estimate of drug-likeness (QED) is 0.650. The van der Waals surface area contributed by atoms with E-state index in [1.807, 2.05) is 19.1 Å². The average molecular weight is 504 g/mol. The van der Waals surface area contributed by atoms with E-state index in [4.69, 9.17) is 0 Å². The van der Waals surface area contributed by atoms with Gasteiger partial charge in [-0.1, -0.05) is 15.9 Å². The third kappa shape index (κ3) is 3.92. The summed E-state index contributed by atoms with van der Waals surface area (Å²) in [6.07, 6.45) is 0. The van der Waals surface area contributed by atoms with E-state index in [9.17, 15) is 8.42 Å². The summed E-state index contributed by atoms with van der Waals surface area (Å²) in [5.74, 6) is 0. The summed E-state index contributed by atoms with van der Waals surface area (Å²) >= 11 is 11.5. The average Bonchev–Trinajstić information content (AvgIpc) is 2.77. The highest BCUT2D eigenvalue weighted by Gasteiger charge is 2.19. The van der Waals surface area contributed by atoms with Crippen LogP contribution in [0.2, 0.25) is 0 Å². The molecule has 1 aromatic carbocycles. The van der Waals surface area contributed by atoms with Crippen LogP contribution in [0.25, 0.3) is 0 Å². The first kappa shape index (κ1) is 16.6. The lowest BCUT2D eigenvalue weighted by molar-refractivity contribution is 0.581. The van der Waals surface area contributed by atoms with Gasteiger partial charge in [-0.15, -0.1) is 11.3 Å². The Morgan fingerprint density at radius 3 is 2.45 bits per heavy atom. The van der Waals surface area contributed by atoms with E-state index in [-0.39, 0.29) is 11.4 Å². The Balaban J connectivity index is 2.24. The first-order chi connectivity index (χ1) is 9.29. The predicted molar refractivity (Wildman–Crippen MR) is 92.6 cm³/mol. The van der Waals surface area contributed by atoms with Crippen LogP contribution in [-0.4, -0.2) is 8.42 Å². The van der Waals surface area contributed by atoms with Crippen LogP contribution in [-0.2, 0) is 16.6 Å². The highest BCUT2D eigenvalue weighted by Crippen LogP contribution is 2.29. The SMILES string of the molecule is Cc1cc(Br)c(S(=O)(=O)NCc2ccc(Br)s2)cc1Br. The van der Waals surface area contributed by atoms with E-state index in [2.05, 4.69) is 52.5 Å². The Kier molecular flexibility index (Phi) is 5.47. The number of thiophene rings is 1. The lowest BCUT2D eigenvalue weighted by Crippen LogP contribution is -2.23. The van der Waals surface area contributed by atoms with E-state index in [1.165, 1.54) is 11.3 Å². The molecule has 0 saturated heterocycles. The molecular weight excluding hydrogens is 494 g/mol. The van der Waals surface area contributed by atoms with Crippen LogP contribution in [0.4, 0.5) is 0 Å². The number of sulfonamides is 1. The van der Waals surface area contributed by atoms with Crippen LogP contribution in [0.5, 0.6) is 0 Å². The minimum absolute atomic E-state index is 0.227. The molecule has 1 heterocycles. The summed E-state index contributed by atoms with van der Waals surface area (Å²) in [5, 5.41) is 0. The van der Waals surface area contributed by atoms with Gasteiger partial charge in [0.05, 0.1) is 8.68 Å². The van der Waals surface area contributed by atoms with Gasteiger partial charge in [0.25, 0.3) is 0 Å². The standard InChI is InChI=1S/C12H10Br3NO2S2/c1-7-4-10(14)11(5-9(7)13)20(17,18)16-6-8-2-3-12(15)19-8/h2-5,16H,6H2,1H3. The normalized spacial score (nSPS) is 11.8. The van der Waals surface area contributed by atoms with Gasteiger partial charge in [-0.2, -0.15) is 0 Å². The summed E-state index contributed by atoms with van der Waals surface area (Å²) in [5.41, 5.74) is 0.970. The maximum atomic E-state index is 12.3. The second-order valence-electron chi connectivity index (χ2n) is 4.06. The molecule has 0 unspecified atom stereocenters. The molecule has 0 aliphatic carbocycles. The summed E-state index contributed by atoms with van der Waals surface area (Å²) in [6.45, 7) is 2.18. The molecule has 0 saturated carbocycles. The van der Waals surface area contributed by atoms with Crippen LogP contribution in [0.1, 0.15) is 10.4 Å². The van der Waals surface area contributed by atoms with E-state index >= 15 is 0 Å². The van der Waals surface area contributed by atoms with E-state index in [0.717, 1.165) is 18.7 Å². The first-order valence-electron chi connectivity index (χ1n) is 5.49. The largest absolute Gasteiger partial charge is 0.242 e. The van der Waals surface area contributed by atoms with Crippen LogP contribution in [0.3, 0.4) is 0 Å². The molecule has 3 nitrogen and oxygen atoms in total. The van der Waals surface area contributed by atoms with E-state index in [0.29, 0.717) is 4.47 Å². The van der Waals surface area contributed by atoms with Gasteiger partial charge >= 0.3 is 0 Å². The first-order valence-corrected chi connectivity index (χ1v) is 10.2. The van der Waals surface area contributed by atoms with Crippen LogP contribution < -0.4 is 4.72 Å². The van der Waals surface area contributed by atoms with Crippen molar-refractivity contribution in [2.75, 3.05) is 0 Å². The predicted octanol–water partition coefficient (Wildman–Crippen LogP) is 4.82. The second kappa shape index (κ2) is 6.58. The van der Waals surface area contributed by atoms with Gasteiger partial charge in [-0.25, -0.2) is 13.1 Å². The zero-order valence-electron chi connectivity index (χ0n) is 10.3. The van der Waals surface area contributed by atoms with Crippen molar-refractivity contribution in [1.82, 2.24) is 4.72 Å². The zero-order valence-corrected chi connectivity index (χ0v) is 16.7. The van der Waals surface area contributed by atoms with Crippen molar-refractivity contribution in [3.63, 3.8) is 0 Å². The monoisotopic (exact) mass is 501 g/mol. The van der Waals surface area contributed by atoms with Gasteiger partial charge in [0, 0.05) is 20.4 Å². The lowest BCUT2D eigenvalue weighted by atomic mass is 10.2. The third-order valence-corrected chi connectivity index (χ3v) is 7.41. The van der Waals surface area contributed by atoms with E-state index in [1.54, 1.807) is 12.1 Å². The Morgan fingerprint density at radius 2 is 1.85 bits per heavy atom. The molecule has 20 heavy (non-hydrogen) atoms. The molecule has 0 atom stereocenters. The summed E-state index contributed by atoms with van der Waals surface area (Å²) in [7, 11) is -3.55. The highest BCUT2D eigenvalue weighted by atomic mass is 79.9. The Bertz CT molecular complexity index is 741. The van der Waals surface area contributed by atoms with Crippen molar-refractivity contribution >= 4 is 69.1 Å². The molecule has 0 aliphatic heterocycles. The Labute approximate surface area is 147 Å². The Hall–Kier alpha value is 0.270. The minimum Gasteiger partial charge on any atom is -0.207 e. The number of benzene rings is 1. The molecule has 0 amide bonds. The van der Waals surface area contributed by atoms with Gasteiger partial charge in [-0.05, 0) is 68.6 Å². The molecule has 2 aromatic rings. The molecular formula is C12H10Br3NO2S2. The molecule has 8 heteroatoms. The maximum absolute atomic E-state index is 12.3. The molecule has 1 aromatic heterocycles. The fourth-order valence-electron chi connectivity index (χ4n) is 1.52. The van der Waals surface area contributed by atoms with Crippen LogP contribution >= 0.6 is 59.1 Å². The van der Waals surface area contributed by atoms with Crippen molar-refractivity contribution in [3.05, 3.63) is 47.4 Å². The van der Waals surface area contributed by atoms with Crippen LogP contribution in [0.15, 0.2) is 41.9 Å². The third-order valence-electron chi connectivity index (χ3n) is 2.57. The number of aryl methyl sites for hydroxylation is 1. The van der Waals surface area contributed by atoms with Crippen molar-refractivity contribution in [1.29, 1.82) is 0 Å². The van der Waals surface area contributed by atoms with Crippen molar-refractivity contribution < 1.29 is 8.42 Å². The number of hydrogen-bond donors (Lipinski definition) is 1. The Morgan fingerprint density at radius 1 is 1.15 bits per heavy atom. The molecule has 0 bridgehead atoms. The number of halogens is 3. The van der Waals surface area contributed by atoms with Crippen molar-refractivity contribution in [2.24, 2.45) is 0 Å². The number of hydrogen-bond acceptors (Lipinski definition) is 3. The van der Waals surface area contributed by atoms with E-state index < -0.39 is 10.0 Å². The van der Waals surface area contributed by atoms with Gasteiger partial charge < -0.3 is 0 Å². The summed E-state index contributed by atoms with van der Waals surface area (Å²) in [6, 6.07) is 7.16. The summed E-state index contributed by atoms with van der Waals surface area (Å²) < 4.78 is 29.6. The fourth-order valence-corrected chi connectivity index (χ4v) is 5.72. The van der Waals surface area contributed by atoms with Crippen molar-refractivity contribution in [3.8, 4) is 0 Å². The lowest BCUT2D eigenvalue weighted by Gasteiger charge is -2.09. The number of rotatable bonds is 4. The smallest absolute Gasteiger partial charge is 0.207 e. The van der Waals surface area contributed by atoms with Gasteiger partial charge in [0.15, 0.2) is 0 Å². The summed E-state index contributed by atoms with van der Waals surface area (Å²) in [4.78, 5) is 1.17. The molecule has 0 radical (unpaired) electrons. The molecule has 0 spiro atoms. The molecule has 0 fully saturated rings. The fraction of sp³-hybridized carbons (Fsp3) is 0.167. The van der Waals surface area contributed by atoms with Gasteiger partial charge in [0.2, 0.25) is 10.0 Å². The second-order valence-corrected chi connectivity index (χ2v) is 10.1. The highest BCUT2D eigenvalue weighted by molar-refractivity contribution is 9.11. The topological polar surface area (TPSA) is 46.2 Å². The zero-order chi connectivity index (χ0) is 14.9. The molecule has 1 N–H and O–H groups in total. The van der Waals surface area contributed by atoms with Crippen molar-refractivity contribution in [2.45, 2.75) is 18.4 Å². The number of nitrogens with one attached hydrogen (secondary N) is 1. The molecule has 2 rings (SSSR count). The molecule has 108 valence electrons. The molecule has 0 aliphatic rings. The van der Waals surface area contributed by atoms with Crippen LogP contribution in [0, 0.1) is 6.92 Å². The minimum atomic E-state index is -3.55. The van der Waals surface area contributed by atoms with Gasteiger partial charge in [0.1, 0.15) is 0 Å². The maximum Gasteiger partial charge on any atom is 0.242 e. The van der Waals surface area contributed by atoms with Gasteiger partial charge in [-0.3, -0.25) is 0 Å².